The molecular weight excluding hydrogens is 121 g/mol. The number of hydrogen-bond acceptors (Lipinski definition) is 1. The molecule has 0 aliphatic rings. The average Bonchev–Trinajstić information content (AvgIpc) is 1.64. The van der Waals surface area contributed by atoms with E-state index in [2.05, 4.69) is 0 Å². The topological polar surface area (TPSA) is 26.0 Å². The first kappa shape index (κ1) is 9.02. The van der Waals surface area contributed by atoms with Gasteiger partial charge in [0, 0.05) is 5.69 Å². The minimum absolute atomic E-state index is 0. The molecule has 0 aromatic heterocycles. The van der Waals surface area contributed by atoms with Crippen molar-refractivity contribution >= 4 is 5.69 Å². The van der Waals surface area contributed by atoms with E-state index >= 15 is 0 Å². The molecule has 1 aromatic carbocycles. The minimum Gasteiger partial charge on any atom is -0.399 e. The van der Waals surface area contributed by atoms with Crippen molar-refractivity contribution in [2.45, 2.75) is 6.92 Å². The van der Waals surface area contributed by atoms with Crippen LogP contribution in [-0.4, -0.2) is 0 Å². The molecule has 2 heteroatoms. The number of nitrogen functional groups attached to an aromatic ring is 1. The maximum absolute atomic E-state index is 5.46. The summed E-state index contributed by atoms with van der Waals surface area (Å²) in [6.07, 6.45) is 0. The Morgan fingerprint density at radius 1 is 1.33 bits per heavy atom. The van der Waals surface area contributed by atoms with E-state index in [1.165, 1.54) is 5.56 Å². The maximum Gasteiger partial charge on any atom is 1.00 e. The molecule has 0 atom stereocenters. The zero-order valence-corrected chi connectivity index (χ0v) is 7.89. The predicted molar refractivity (Wildman–Crippen MR) is 35.6 cm³/mol. The summed E-state index contributed by atoms with van der Waals surface area (Å²) >= 11 is 0. The number of nitrogens with two attached hydrogens (primary N) is 1. The molecule has 0 aliphatic carbocycles. The van der Waals surface area contributed by atoms with E-state index in [1.54, 1.807) is 0 Å². The van der Waals surface area contributed by atoms with Crippen molar-refractivity contribution in [2.24, 2.45) is 0 Å². The summed E-state index contributed by atoms with van der Waals surface area (Å²) in [5, 5.41) is 0. The Morgan fingerprint density at radius 3 is 2.33 bits per heavy atom. The molecule has 0 saturated heterocycles. The fraction of sp³-hybridized carbons (Fsp3) is 0.143. The van der Waals surface area contributed by atoms with E-state index in [9.17, 15) is 0 Å². The number of benzene rings is 1. The molecule has 0 amide bonds. The summed E-state index contributed by atoms with van der Waals surface area (Å²) < 4.78 is 0. The molecule has 9 heavy (non-hydrogen) atoms. The van der Waals surface area contributed by atoms with Gasteiger partial charge in [-0.25, -0.2) is 0 Å². The number of rotatable bonds is 0. The van der Waals surface area contributed by atoms with E-state index in [0.29, 0.717) is 0 Å². The molecule has 42 valence electrons. The molecule has 1 aromatic rings. The quantitative estimate of drug-likeness (QED) is 0.338. The largest absolute Gasteiger partial charge is 1.00 e. The summed E-state index contributed by atoms with van der Waals surface area (Å²) in [7, 11) is 0. The van der Waals surface area contributed by atoms with Crippen LogP contribution in [0.3, 0.4) is 0 Å². The average molecular weight is 130 g/mol. The van der Waals surface area contributed by atoms with Gasteiger partial charge in [-0.2, -0.15) is 0 Å². The van der Waals surface area contributed by atoms with Gasteiger partial charge in [-0.1, -0.05) is 12.1 Å². The van der Waals surface area contributed by atoms with Crippen molar-refractivity contribution in [3.05, 3.63) is 29.8 Å². The van der Waals surface area contributed by atoms with Gasteiger partial charge in [-0.05, 0) is 24.6 Å². The second kappa shape index (κ2) is 3.94. The first-order valence-corrected chi connectivity index (χ1v) is 2.61. The zero-order chi connectivity index (χ0) is 5.98. The van der Waals surface area contributed by atoms with Crippen molar-refractivity contribution in [1.82, 2.24) is 0 Å². The van der Waals surface area contributed by atoms with E-state index in [-0.39, 0.29) is 29.6 Å². The normalized spacial score (nSPS) is 8.11. The molecule has 0 radical (unpaired) electrons. The van der Waals surface area contributed by atoms with Gasteiger partial charge in [0.05, 0.1) is 0 Å². The molecule has 1 rings (SSSR count). The second-order valence-corrected chi connectivity index (χ2v) is 1.91. The van der Waals surface area contributed by atoms with Crippen LogP contribution >= 0.6 is 0 Å². The monoisotopic (exact) mass is 130 g/mol. The molecule has 0 fully saturated rings. The third-order valence-electron chi connectivity index (χ3n) is 1.04. The Balaban J connectivity index is 0.000000640. The van der Waals surface area contributed by atoms with Crippen LogP contribution < -0.4 is 35.3 Å². The van der Waals surface area contributed by atoms with E-state index in [1.807, 2.05) is 31.2 Å². The molecule has 0 heterocycles. The molecule has 0 unspecified atom stereocenters. The van der Waals surface area contributed by atoms with Crippen LogP contribution in [0.1, 0.15) is 5.56 Å². The van der Waals surface area contributed by atoms with Crippen LogP contribution in [0.5, 0.6) is 0 Å². The van der Waals surface area contributed by atoms with Gasteiger partial charge < -0.3 is 5.73 Å². The molecule has 2 N–H and O–H groups in total. The van der Waals surface area contributed by atoms with Gasteiger partial charge in [0.25, 0.3) is 0 Å². The fourth-order valence-corrected chi connectivity index (χ4v) is 0.670. The first-order chi connectivity index (χ1) is 3.79. The Bertz CT molecular complexity index is 169. The molecular formula is C7H9NNa+. The summed E-state index contributed by atoms with van der Waals surface area (Å²) in [6.45, 7) is 2.02. The SMILES string of the molecule is Cc1cccc(N)c1.[Na+]. The standard InChI is InChI=1S/C7H9N.Na/c1-6-3-2-4-7(8)5-6;/h2-5H,8H2,1H3;/q;+1. The van der Waals surface area contributed by atoms with E-state index < -0.39 is 0 Å². The van der Waals surface area contributed by atoms with Crippen molar-refractivity contribution in [1.29, 1.82) is 0 Å². The van der Waals surface area contributed by atoms with Crippen LogP contribution in [0.25, 0.3) is 0 Å². The van der Waals surface area contributed by atoms with Crippen molar-refractivity contribution in [2.75, 3.05) is 5.73 Å². The van der Waals surface area contributed by atoms with Crippen molar-refractivity contribution in [3.8, 4) is 0 Å². The Labute approximate surface area is 77.5 Å². The van der Waals surface area contributed by atoms with Crippen molar-refractivity contribution in [3.63, 3.8) is 0 Å². The number of aryl methyl sites for hydroxylation is 1. The summed E-state index contributed by atoms with van der Waals surface area (Å²) in [4.78, 5) is 0. The molecule has 0 spiro atoms. The second-order valence-electron chi connectivity index (χ2n) is 1.91. The summed E-state index contributed by atoms with van der Waals surface area (Å²) in [6, 6.07) is 7.80. The molecule has 0 aliphatic heterocycles. The summed E-state index contributed by atoms with van der Waals surface area (Å²) in [5.41, 5.74) is 7.51. The first-order valence-electron chi connectivity index (χ1n) is 2.61. The van der Waals surface area contributed by atoms with Crippen LogP contribution in [0.2, 0.25) is 0 Å². The maximum atomic E-state index is 5.46. The van der Waals surface area contributed by atoms with Crippen LogP contribution in [0.4, 0.5) is 5.69 Å². The van der Waals surface area contributed by atoms with E-state index in [4.69, 9.17) is 5.73 Å². The molecule has 0 saturated carbocycles. The van der Waals surface area contributed by atoms with Gasteiger partial charge in [0.2, 0.25) is 0 Å². The van der Waals surface area contributed by atoms with Crippen LogP contribution in [0.15, 0.2) is 24.3 Å². The van der Waals surface area contributed by atoms with Crippen LogP contribution in [-0.2, 0) is 0 Å². The fourth-order valence-electron chi connectivity index (χ4n) is 0.670. The Hall–Kier alpha value is 0.0200. The number of anilines is 1. The van der Waals surface area contributed by atoms with Gasteiger partial charge in [-0.15, -0.1) is 0 Å². The van der Waals surface area contributed by atoms with Gasteiger partial charge in [0.1, 0.15) is 0 Å². The van der Waals surface area contributed by atoms with Crippen molar-refractivity contribution < 1.29 is 29.6 Å². The Morgan fingerprint density at radius 2 is 2.00 bits per heavy atom. The summed E-state index contributed by atoms with van der Waals surface area (Å²) in [5.74, 6) is 0. The molecule has 0 bridgehead atoms. The minimum atomic E-state index is 0. The third kappa shape index (κ3) is 2.89. The Kier molecular flexibility index (Phi) is 3.95. The van der Waals surface area contributed by atoms with Gasteiger partial charge in [0.15, 0.2) is 0 Å². The smallest absolute Gasteiger partial charge is 0.399 e. The van der Waals surface area contributed by atoms with Gasteiger partial charge in [-0.3, -0.25) is 0 Å². The van der Waals surface area contributed by atoms with E-state index in [0.717, 1.165) is 5.69 Å². The zero-order valence-electron chi connectivity index (χ0n) is 5.89. The predicted octanol–water partition coefficient (Wildman–Crippen LogP) is -1.42. The van der Waals surface area contributed by atoms with Crippen LogP contribution in [0, 0.1) is 6.92 Å². The number of hydrogen-bond donors (Lipinski definition) is 1. The molecule has 1 nitrogen and oxygen atoms in total. The van der Waals surface area contributed by atoms with Gasteiger partial charge >= 0.3 is 29.6 Å². The third-order valence-corrected chi connectivity index (χ3v) is 1.04.